The highest BCUT2D eigenvalue weighted by molar-refractivity contribution is 6.39. The van der Waals surface area contributed by atoms with Crippen molar-refractivity contribution in [2.24, 2.45) is 0 Å². The lowest BCUT2D eigenvalue weighted by Crippen LogP contribution is -2.14. The fourth-order valence-electron chi connectivity index (χ4n) is 24.2. The van der Waals surface area contributed by atoms with E-state index in [0.717, 1.165) is 0 Å². The second-order valence-corrected chi connectivity index (χ2v) is 36.5. The van der Waals surface area contributed by atoms with E-state index < -0.39 is 0 Å². The summed E-state index contributed by atoms with van der Waals surface area (Å²) in [6.45, 7) is 14.3. The minimum absolute atomic E-state index is 0.0393. The fourth-order valence-corrected chi connectivity index (χ4v) is 24.2. The van der Waals surface area contributed by atoms with Crippen molar-refractivity contribution in [3.8, 4) is 50.4 Å². The van der Waals surface area contributed by atoms with Gasteiger partial charge in [-0.05, 0) is 194 Å². The van der Waals surface area contributed by atoms with Gasteiger partial charge in [-0.1, -0.05) is 278 Å². The zero-order valence-corrected chi connectivity index (χ0v) is 68.8. The van der Waals surface area contributed by atoms with Crippen LogP contribution >= 0.6 is 0 Å². The van der Waals surface area contributed by atoms with Crippen LogP contribution in [-0.4, -0.2) is 26.9 Å². The first-order chi connectivity index (χ1) is 60.4. The van der Waals surface area contributed by atoms with Crippen molar-refractivity contribution in [2.45, 2.75) is 57.8 Å². The molecule has 30 rings (SSSR count). The highest BCUT2D eigenvalue weighted by atomic mass is 15.0. The number of aromatic nitrogens is 6. The van der Waals surface area contributed by atoms with E-state index in [1.165, 1.54) is 264 Å². The first-order valence-electron chi connectivity index (χ1n) is 43.4. The molecule has 0 radical (unpaired) electrons. The molecule has 9 heterocycles. The summed E-state index contributed by atoms with van der Waals surface area (Å²) in [5.74, 6) is 0. The van der Waals surface area contributed by atoms with Crippen LogP contribution in [0.25, 0.3) is 230 Å². The van der Waals surface area contributed by atoms with Crippen LogP contribution < -0.4 is 0 Å². The third-order valence-electron chi connectivity index (χ3n) is 29.4. The van der Waals surface area contributed by atoms with E-state index >= 15 is 0 Å². The molecular weight excluding hydrogens is 1490 g/mol. The summed E-state index contributed by atoms with van der Waals surface area (Å²) in [6, 6.07) is 135. The molecule has 0 spiro atoms. The quantitative estimate of drug-likeness (QED) is 0.169. The Kier molecular flexibility index (Phi) is 13.0. The van der Waals surface area contributed by atoms with Crippen LogP contribution in [0.1, 0.15) is 74.9 Å². The molecule has 0 unspecified atom stereocenters. The summed E-state index contributed by atoms with van der Waals surface area (Å²) in [6.07, 6.45) is 0. The van der Waals surface area contributed by atoms with Gasteiger partial charge in [-0.15, -0.1) is 0 Å². The highest BCUT2D eigenvalue weighted by Gasteiger charge is 2.41. The Hall–Kier alpha value is -15.2. The molecule has 3 aliphatic carbocycles. The topological polar surface area (TPSA) is 28.0 Å². The molecule has 0 amide bonds. The van der Waals surface area contributed by atoms with E-state index in [-0.39, 0.29) is 16.2 Å². The van der Waals surface area contributed by atoms with E-state index in [2.05, 4.69) is 432 Å². The number of fused-ring (bicyclic) bond motifs is 39. The van der Waals surface area contributed by atoms with Gasteiger partial charge in [0.15, 0.2) is 0 Å². The Labute approximate surface area is 707 Å². The van der Waals surface area contributed by atoms with E-state index in [4.69, 9.17) is 0 Å². The van der Waals surface area contributed by atoms with Crippen molar-refractivity contribution in [1.82, 2.24) is 26.9 Å². The summed E-state index contributed by atoms with van der Waals surface area (Å²) in [5, 5.41) is 23.9. The standard InChI is InChI=1S/3C39H26N2/c1-39(2)31-17-9-6-14-24(31)27-22-35-30(21-32(27)39)36-37-28(20-29-26-16-8-11-19-34(26)41(35)38(29)36)25-15-7-10-18-33(25)40(37)23-12-4-3-5-13-23;1-39(2)30-17-9-6-14-24(30)27-21-34-29(20-31(27)39)37-36-26-16-8-11-19-33(26)40(23-12-4-3-5-13-23)35(36)22-28-25-15-7-10-18-32(25)41(34)38(28)37;1-39(2)30-17-9-6-14-24(30)27-21-34-28(20-31(27)39)29-22-35-36(37-26-16-8-11-19-33(26)41(34)38(29)37)25-15-7-10-18-32(25)40(35)23-12-4-3-5-13-23/h3*3-22H,1-2H3. The molecular formula is C117H78N6. The molecule has 9 aromatic heterocycles. The largest absolute Gasteiger partial charge is 0.309 e. The molecule has 0 bridgehead atoms. The molecule has 123 heavy (non-hydrogen) atoms. The Bertz CT molecular complexity index is 9280. The summed E-state index contributed by atoms with van der Waals surface area (Å²) in [5.41, 5.74) is 39.4. The Morgan fingerprint density at radius 2 is 0.431 bits per heavy atom. The van der Waals surface area contributed by atoms with E-state index in [1.807, 2.05) is 0 Å². The zero-order valence-electron chi connectivity index (χ0n) is 68.8. The van der Waals surface area contributed by atoms with Crippen LogP contribution in [0.3, 0.4) is 0 Å². The van der Waals surface area contributed by atoms with E-state index in [0.29, 0.717) is 0 Å². The lowest BCUT2D eigenvalue weighted by Gasteiger charge is -2.21. The molecule has 18 aromatic carbocycles. The summed E-state index contributed by atoms with van der Waals surface area (Å²) >= 11 is 0. The fraction of sp³-hybridized carbons (Fsp3) is 0.0769. The Morgan fingerprint density at radius 3 is 0.862 bits per heavy atom. The Balaban J connectivity index is 0.0000000946. The minimum atomic E-state index is -0.0561. The maximum Gasteiger partial charge on any atom is 0.0642 e. The summed E-state index contributed by atoms with van der Waals surface area (Å²) in [7, 11) is 0. The maximum absolute atomic E-state index is 2.54. The van der Waals surface area contributed by atoms with Gasteiger partial charge in [-0.2, -0.15) is 0 Å². The number of para-hydroxylation sites is 9. The van der Waals surface area contributed by atoms with Crippen molar-refractivity contribution in [2.75, 3.05) is 0 Å². The van der Waals surface area contributed by atoms with Gasteiger partial charge in [0.2, 0.25) is 0 Å². The second-order valence-electron chi connectivity index (χ2n) is 36.5. The highest BCUT2D eigenvalue weighted by Crippen LogP contribution is 2.58. The molecule has 0 aliphatic heterocycles. The molecule has 6 nitrogen and oxygen atoms in total. The van der Waals surface area contributed by atoms with Crippen molar-refractivity contribution in [3.63, 3.8) is 0 Å². The average molecular weight is 1570 g/mol. The smallest absolute Gasteiger partial charge is 0.0642 e. The van der Waals surface area contributed by atoms with Gasteiger partial charge in [0, 0.05) is 130 Å². The molecule has 0 saturated heterocycles. The van der Waals surface area contributed by atoms with Crippen LogP contribution in [0.2, 0.25) is 0 Å². The van der Waals surface area contributed by atoms with Crippen LogP contribution in [0, 0.1) is 0 Å². The van der Waals surface area contributed by atoms with Crippen LogP contribution in [-0.2, 0) is 16.2 Å². The maximum atomic E-state index is 2.54. The molecule has 27 aromatic rings. The molecule has 6 heteroatoms. The van der Waals surface area contributed by atoms with Gasteiger partial charge in [0.25, 0.3) is 0 Å². The second kappa shape index (κ2) is 23.6. The third-order valence-corrected chi connectivity index (χ3v) is 29.4. The lowest BCUT2D eigenvalue weighted by molar-refractivity contribution is 0.661. The monoisotopic (exact) mass is 1570 g/mol. The molecule has 0 N–H and O–H groups in total. The first kappa shape index (κ1) is 67.6. The molecule has 3 aliphatic rings. The molecule has 0 atom stereocenters. The lowest BCUT2D eigenvalue weighted by atomic mass is 9.82. The number of rotatable bonds is 3. The van der Waals surface area contributed by atoms with Gasteiger partial charge >= 0.3 is 0 Å². The van der Waals surface area contributed by atoms with Crippen LogP contribution in [0.15, 0.2) is 364 Å². The molecule has 0 saturated carbocycles. The third kappa shape index (κ3) is 8.48. The van der Waals surface area contributed by atoms with Gasteiger partial charge in [0.05, 0.1) is 82.8 Å². The summed E-state index contributed by atoms with van der Waals surface area (Å²) in [4.78, 5) is 0. The number of hydrogen-bond acceptors (Lipinski definition) is 0. The van der Waals surface area contributed by atoms with Gasteiger partial charge < -0.3 is 26.9 Å². The zero-order chi connectivity index (χ0) is 81.1. The Morgan fingerprint density at radius 1 is 0.154 bits per heavy atom. The first-order valence-corrected chi connectivity index (χ1v) is 43.4. The van der Waals surface area contributed by atoms with Crippen LogP contribution in [0.4, 0.5) is 0 Å². The van der Waals surface area contributed by atoms with Gasteiger partial charge in [-0.3, -0.25) is 0 Å². The van der Waals surface area contributed by atoms with Crippen molar-refractivity contribution in [3.05, 3.63) is 397 Å². The average Bonchev–Trinajstić information content (AvgIpc) is 1.51. The molecule has 0 fully saturated rings. The normalized spacial score (nSPS) is 14.3. The van der Waals surface area contributed by atoms with Crippen LogP contribution in [0.5, 0.6) is 0 Å². The predicted molar refractivity (Wildman–Crippen MR) is 519 cm³/mol. The summed E-state index contributed by atoms with van der Waals surface area (Å²) < 4.78 is 15.0. The van der Waals surface area contributed by atoms with Crippen molar-refractivity contribution >= 4 is 180 Å². The number of benzene rings is 18. The van der Waals surface area contributed by atoms with Gasteiger partial charge in [0.1, 0.15) is 0 Å². The predicted octanol–water partition coefficient (Wildman–Crippen LogP) is 30.7. The SMILES string of the molecule is CC1(C)c2ccccc2-c2cc3c(cc21)c1c2c(cc4c5ccccc5n3c41)c1ccccc1n2-c1ccccc1.CC1(C)c2ccccc2-c2cc3c(cc21)c1c2c4ccccc4n(-c4ccccc4)c2cc2c4ccccc4n3c21.CC1(C)c2ccccc2-c2cc3c(cc21)c1cc2c(c4ccccc4n2-c2ccccc2)c2c4ccccc4n3c12. The number of hydrogen-bond donors (Lipinski definition) is 0. The van der Waals surface area contributed by atoms with E-state index in [9.17, 15) is 0 Å². The minimum Gasteiger partial charge on any atom is -0.309 e. The van der Waals surface area contributed by atoms with Crippen molar-refractivity contribution in [1.29, 1.82) is 0 Å². The number of nitrogens with zero attached hydrogens (tertiary/aromatic N) is 6. The van der Waals surface area contributed by atoms with Crippen molar-refractivity contribution < 1.29 is 0 Å². The molecule has 576 valence electrons. The van der Waals surface area contributed by atoms with E-state index in [1.54, 1.807) is 0 Å². The van der Waals surface area contributed by atoms with Gasteiger partial charge in [-0.25, -0.2) is 0 Å².